The van der Waals surface area contributed by atoms with E-state index in [9.17, 15) is 9.59 Å². The van der Waals surface area contributed by atoms with E-state index >= 15 is 0 Å². The molecule has 0 heterocycles. The quantitative estimate of drug-likeness (QED) is 0.489. The molecule has 0 spiro atoms. The van der Waals surface area contributed by atoms with Gasteiger partial charge in [-0.3, -0.25) is 4.79 Å². The summed E-state index contributed by atoms with van der Waals surface area (Å²) >= 11 is 5.51. The van der Waals surface area contributed by atoms with Crippen LogP contribution in [0.3, 0.4) is 0 Å². The maximum absolute atomic E-state index is 11.7. The predicted molar refractivity (Wildman–Crippen MR) is 68.0 cm³/mol. The highest BCUT2D eigenvalue weighted by atomic mass is 35.5. The van der Waals surface area contributed by atoms with E-state index in [4.69, 9.17) is 21.4 Å². The Labute approximate surface area is 111 Å². The van der Waals surface area contributed by atoms with E-state index in [1.165, 1.54) is 12.1 Å². The molecule has 0 aliphatic heterocycles. The zero-order chi connectivity index (χ0) is 13.5. The highest BCUT2D eigenvalue weighted by Crippen LogP contribution is 2.14. The number of halogens is 1. The number of hydrogen-bond donors (Lipinski definition) is 1. The molecular formula is C13H15ClO4. The molecule has 0 aromatic heterocycles. The Morgan fingerprint density at radius 3 is 2.50 bits per heavy atom. The van der Waals surface area contributed by atoms with Gasteiger partial charge in [0.15, 0.2) is 5.78 Å². The normalized spacial score (nSPS) is 10.2. The zero-order valence-electron chi connectivity index (χ0n) is 10.1. The second-order valence-electron chi connectivity index (χ2n) is 3.66. The number of benzene rings is 1. The summed E-state index contributed by atoms with van der Waals surface area (Å²) in [6.45, 7) is 1.72. The van der Waals surface area contributed by atoms with Crippen LogP contribution in [-0.2, 0) is 11.3 Å². The summed E-state index contributed by atoms with van der Waals surface area (Å²) in [4.78, 5) is 23.3. The van der Waals surface area contributed by atoms with Crippen molar-refractivity contribution in [3.8, 4) is 0 Å². The lowest BCUT2D eigenvalue weighted by Crippen LogP contribution is -2.08. The first kappa shape index (κ1) is 14.7. The van der Waals surface area contributed by atoms with Crippen LogP contribution in [0.15, 0.2) is 18.2 Å². The standard InChI is InChI=1S/C13H15ClO4/c1-2-18-13(17)11-6-9(8-15)5-10(7-11)12(16)3-4-14/h5-7,15H,2-4,8H2,1H3. The fourth-order valence-electron chi connectivity index (χ4n) is 1.51. The molecule has 0 unspecified atom stereocenters. The van der Waals surface area contributed by atoms with E-state index in [0.29, 0.717) is 11.1 Å². The highest BCUT2D eigenvalue weighted by molar-refractivity contribution is 6.19. The summed E-state index contributed by atoms with van der Waals surface area (Å²) in [7, 11) is 0. The summed E-state index contributed by atoms with van der Waals surface area (Å²) in [5.74, 6) is -0.449. The molecule has 5 heteroatoms. The van der Waals surface area contributed by atoms with Crippen molar-refractivity contribution in [2.75, 3.05) is 12.5 Å². The van der Waals surface area contributed by atoms with Gasteiger partial charge < -0.3 is 9.84 Å². The number of rotatable bonds is 6. The first-order valence-corrected chi connectivity index (χ1v) is 6.17. The SMILES string of the molecule is CCOC(=O)c1cc(CO)cc(C(=O)CCCl)c1. The molecule has 98 valence electrons. The van der Waals surface area contributed by atoms with Crippen molar-refractivity contribution in [1.82, 2.24) is 0 Å². The number of aliphatic hydroxyl groups is 1. The zero-order valence-corrected chi connectivity index (χ0v) is 10.9. The van der Waals surface area contributed by atoms with Gasteiger partial charge in [-0.1, -0.05) is 0 Å². The fraction of sp³-hybridized carbons (Fsp3) is 0.385. The number of carbonyl (C=O) groups excluding carboxylic acids is 2. The van der Waals surface area contributed by atoms with E-state index < -0.39 is 5.97 Å². The smallest absolute Gasteiger partial charge is 0.338 e. The second kappa shape index (κ2) is 7.13. The molecule has 0 aliphatic carbocycles. The molecular weight excluding hydrogens is 256 g/mol. The van der Waals surface area contributed by atoms with Gasteiger partial charge in [-0.2, -0.15) is 0 Å². The lowest BCUT2D eigenvalue weighted by atomic mass is 10.0. The number of alkyl halides is 1. The third-order valence-electron chi connectivity index (χ3n) is 2.33. The van der Waals surface area contributed by atoms with Crippen LogP contribution in [0.1, 0.15) is 39.6 Å². The summed E-state index contributed by atoms with van der Waals surface area (Å²) in [6.07, 6.45) is 0.193. The van der Waals surface area contributed by atoms with Crippen molar-refractivity contribution >= 4 is 23.4 Å². The number of ether oxygens (including phenoxy) is 1. The van der Waals surface area contributed by atoms with Crippen molar-refractivity contribution in [3.63, 3.8) is 0 Å². The number of aliphatic hydroxyl groups excluding tert-OH is 1. The predicted octanol–water partition coefficient (Wildman–Crippen LogP) is 2.17. The Bertz CT molecular complexity index is 406. The minimum absolute atomic E-state index is 0.161. The van der Waals surface area contributed by atoms with E-state index in [1.54, 1.807) is 13.0 Å². The average Bonchev–Trinajstić information content (AvgIpc) is 2.38. The Morgan fingerprint density at radius 2 is 1.94 bits per heavy atom. The van der Waals surface area contributed by atoms with Crippen LogP contribution < -0.4 is 0 Å². The van der Waals surface area contributed by atoms with E-state index in [-0.39, 0.29) is 36.9 Å². The van der Waals surface area contributed by atoms with Crippen molar-refractivity contribution in [1.29, 1.82) is 0 Å². The van der Waals surface area contributed by atoms with E-state index in [1.807, 2.05) is 0 Å². The van der Waals surface area contributed by atoms with Gasteiger partial charge in [0.2, 0.25) is 0 Å². The minimum atomic E-state index is -0.507. The van der Waals surface area contributed by atoms with Gasteiger partial charge in [0, 0.05) is 17.9 Å². The first-order valence-electron chi connectivity index (χ1n) is 5.63. The van der Waals surface area contributed by atoms with Crippen molar-refractivity contribution in [2.24, 2.45) is 0 Å². The third kappa shape index (κ3) is 3.82. The van der Waals surface area contributed by atoms with Crippen LogP contribution in [0, 0.1) is 0 Å². The minimum Gasteiger partial charge on any atom is -0.462 e. The van der Waals surface area contributed by atoms with Gasteiger partial charge in [0.1, 0.15) is 0 Å². The summed E-state index contributed by atoms with van der Waals surface area (Å²) in [6, 6.07) is 4.53. The molecule has 0 atom stereocenters. The van der Waals surface area contributed by atoms with Gasteiger partial charge >= 0.3 is 5.97 Å². The molecule has 18 heavy (non-hydrogen) atoms. The largest absolute Gasteiger partial charge is 0.462 e. The molecule has 1 N–H and O–H groups in total. The summed E-state index contributed by atoms with van der Waals surface area (Å²) in [5, 5.41) is 9.12. The van der Waals surface area contributed by atoms with Crippen LogP contribution in [0.25, 0.3) is 0 Å². The number of hydrogen-bond acceptors (Lipinski definition) is 4. The van der Waals surface area contributed by atoms with Gasteiger partial charge in [0.05, 0.1) is 18.8 Å². The lowest BCUT2D eigenvalue weighted by molar-refractivity contribution is 0.0526. The van der Waals surface area contributed by atoms with Crippen LogP contribution >= 0.6 is 11.6 Å². The summed E-state index contributed by atoms with van der Waals surface area (Å²) < 4.78 is 4.86. The van der Waals surface area contributed by atoms with E-state index in [2.05, 4.69) is 0 Å². The van der Waals surface area contributed by atoms with Crippen molar-refractivity contribution < 1.29 is 19.4 Å². The molecule has 0 amide bonds. The van der Waals surface area contributed by atoms with Gasteiger partial charge in [-0.25, -0.2) is 4.79 Å². The second-order valence-corrected chi connectivity index (χ2v) is 4.04. The maximum Gasteiger partial charge on any atom is 0.338 e. The van der Waals surface area contributed by atoms with Crippen LogP contribution in [0.5, 0.6) is 0 Å². The Hall–Kier alpha value is -1.39. The van der Waals surface area contributed by atoms with Crippen molar-refractivity contribution in [3.05, 3.63) is 34.9 Å². The fourth-order valence-corrected chi connectivity index (χ4v) is 1.68. The first-order chi connectivity index (χ1) is 8.62. The lowest BCUT2D eigenvalue weighted by Gasteiger charge is -2.07. The number of Topliss-reactive ketones (excluding diaryl/α,β-unsaturated/α-hetero) is 1. The molecule has 1 aromatic rings. The monoisotopic (exact) mass is 270 g/mol. The number of esters is 1. The molecule has 4 nitrogen and oxygen atoms in total. The molecule has 0 saturated carbocycles. The van der Waals surface area contributed by atoms with Crippen LogP contribution in [0.4, 0.5) is 0 Å². The third-order valence-corrected chi connectivity index (χ3v) is 2.52. The molecule has 1 aromatic carbocycles. The number of carbonyl (C=O) groups is 2. The van der Waals surface area contributed by atoms with E-state index in [0.717, 1.165) is 0 Å². The van der Waals surface area contributed by atoms with Crippen molar-refractivity contribution in [2.45, 2.75) is 20.0 Å². The maximum atomic E-state index is 11.7. The Morgan fingerprint density at radius 1 is 1.28 bits per heavy atom. The molecule has 0 aliphatic rings. The molecule has 0 radical (unpaired) electrons. The summed E-state index contributed by atoms with van der Waals surface area (Å²) in [5.41, 5.74) is 1.13. The molecule has 0 bridgehead atoms. The molecule has 0 saturated heterocycles. The van der Waals surface area contributed by atoms with Crippen LogP contribution in [0.2, 0.25) is 0 Å². The molecule has 1 rings (SSSR count). The average molecular weight is 271 g/mol. The Kier molecular flexibility index (Phi) is 5.82. The number of ketones is 1. The highest BCUT2D eigenvalue weighted by Gasteiger charge is 2.13. The van der Waals surface area contributed by atoms with Gasteiger partial charge in [0.25, 0.3) is 0 Å². The van der Waals surface area contributed by atoms with Gasteiger partial charge in [-0.05, 0) is 30.7 Å². The Balaban J connectivity index is 3.08. The molecule has 0 fully saturated rings. The topological polar surface area (TPSA) is 63.6 Å². The van der Waals surface area contributed by atoms with Gasteiger partial charge in [-0.15, -0.1) is 11.6 Å². The van der Waals surface area contributed by atoms with Crippen LogP contribution in [-0.4, -0.2) is 29.3 Å².